The summed E-state index contributed by atoms with van der Waals surface area (Å²) in [5.74, 6) is -0.163. The molecule has 1 fully saturated rings. The van der Waals surface area contributed by atoms with E-state index in [1.165, 1.54) is 11.2 Å². The lowest BCUT2D eigenvalue weighted by molar-refractivity contribution is -0.137. The van der Waals surface area contributed by atoms with E-state index >= 15 is 0 Å². The number of hydrogen-bond donors (Lipinski definition) is 5. The second kappa shape index (κ2) is 30.4. The predicted molar refractivity (Wildman–Crippen MR) is 283 cm³/mol. The molecule has 1 aromatic heterocycles. The van der Waals surface area contributed by atoms with Crippen molar-refractivity contribution in [2.45, 2.75) is 109 Å². The van der Waals surface area contributed by atoms with Gasteiger partial charge < -0.3 is 49.5 Å². The quantitative estimate of drug-likeness (QED) is 0.00995. The highest BCUT2D eigenvalue weighted by atomic mass is 16.5. The summed E-state index contributed by atoms with van der Waals surface area (Å²) >= 11 is 0. The average Bonchev–Trinajstić information content (AvgIpc) is 3.75. The molecule has 6 rings (SSSR count). The first-order valence-corrected chi connectivity index (χ1v) is 26.2. The molecule has 2 aliphatic heterocycles. The van der Waals surface area contributed by atoms with Crippen molar-refractivity contribution in [1.82, 2.24) is 30.4 Å². The normalized spacial score (nSPS) is 15.4. The van der Waals surface area contributed by atoms with Gasteiger partial charge in [0.25, 0.3) is 11.8 Å². The topological polar surface area (TPSA) is 226 Å². The standard InChI is InChI=1S/C56H75N9O9/c1-4-13-50(49-25-26-58-39-61-49)64(3)52(57)36-59-44-16-11-15-43(34-44)54(68)62-40(2)42-19-21-45(22-20-42)74-29-9-6-5-8-27-71-30-32-73-33-31-72-28-10-7-14-41(38-66)35-60-48-18-12-17-46-47(48)37-65(56(46)70)51-23-24-53(67)63-55(51)69/h11-12,15-22,25-26,34,38-41,50-51,57,59-60H,4-10,13-14,23-24,27-33,35-37H2,1-3H3,(H,62,68)(H,63,67,69)/t40-,41?,50?,51?/m1/s1. The first-order chi connectivity index (χ1) is 36.1. The summed E-state index contributed by atoms with van der Waals surface area (Å²) in [6, 6.07) is 21.5. The van der Waals surface area contributed by atoms with E-state index in [0.717, 1.165) is 91.6 Å². The van der Waals surface area contributed by atoms with Crippen LogP contribution >= 0.6 is 0 Å². The number of piperidine rings is 1. The van der Waals surface area contributed by atoms with Crippen LogP contribution in [0.2, 0.25) is 0 Å². The summed E-state index contributed by atoms with van der Waals surface area (Å²) in [4.78, 5) is 74.2. The molecule has 2 aliphatic rings. The van der Waals surface area contributed by atoms with E-state index in [4.69, 9.17) is 24.4 Å². The molecule has 0 bridgehead atoms. The SMILES string of the molecule is CCCC(c1ccncn1)N(C)C(=N)CNc1cccc(C(=O)N[C@H](C)c2ccc(OCCCCCCOCCOCCOCCCCC(C=O)CNc3cccc4c3CN(C3CCC(=O)NC3=O)C4=O)cc2)c1. The van der Waals surface area contributed by atoms with Gasteiger partial charge in [-0.05, 0) is 106 Å². The van der Waals surface area contributed by atoms with Gasteiger partial charge in [-0.15, -0.1) is 0 Å². The fourth-order valence-electron chi connectivity index (χ4n) is 9.01. The van der Waals surface area contributed by atoms with Gasteiger partial charge in [0.2, 0.25) is 11.8 Å². The molecule has 0 aliphatic carbocycles. The molecule has 3 unspecified atom stereocenters. The lowest BCUT2D eigenvalue weighted by Gasteiger charge is -2.30. The number of likely N-dealkylation sites (N-methyl/N-ethyl adjacent to an activating group) is 1. The largest absolute Gasteiger partial charge is 0.494 e. The smallest absolute Gasteiger partial charge is 0.255 e. The average molecular weight is 1020 g/mol. The lowest BCUT2D eigenvalue weighted by atomic mass is 10.0. The Labute approximate surface area is 435 Å². The van der Waals surface area contributed by atoms with Crippen LogP contribution in [0.4, 0.5) is 11.4 Å². The number of anilines is 2. The minimum atomic E-state index is -0.676. The Kier molecular flexibility index (Phi) is 23.3. The van der Waals surface area contributed by atoms with E-state index in [1.807, 2.05) is 67.4 Å². The van der Waals surface area contributed by atoms with E-state index in [9.17, 15) is 24.0 Å². The Morgan fingerprint density at radius 1 is 0.878 bits per heavy atom. The molecule has 0 radical (unpaired) electrons. The summed E-state index contributed by atoms with van der Waals surface area (Å²) in [6.07, 6.45) is 12.9. The first kappa shape index (κ1) is 56.5. The third-order valence-corrected chi connectivity index (χ3v) is 13.4. The summed E-state index contributed by atoms with van der Waals surface area (Å²) in [5, 5.41) is 20.8. The predicted octanol–water partition coefficient (Wildman–Crippen LogP) is 7.68. The van der Waals surface area contributed by atoms with Gasteiger partial charge in [0, 0.05) is 80.0 Å². The van der Waals surface area contributed by atoms with Crippen LogP contribution in [0.3, 0.4) is 0 Å². The maximum atomic E-state index is 13.2. The summed E-state index contributed by atoms with van der Waals surface area (Å²) in [5.41, 5.74) is 5.25. The minimum absolute atomic E-state index is 0.0228. The van der Waals surface area contributed by atoms with Crippen LogP contribution in [0.1, 0.15) is 134 Å². The fourth-order valence-corrected chi connectivity index (χ4v) is 9.01. The number of carbonyl (C=O) groups is 5. The summed E-state index contributed by atoms with van der Waals surface area (Å²) in [7, 11) is 1.91. The molecule has 18 heteroatoms. The van der Waals surface area contributed by atoms with E-state index in [1.54, 1.807) is 30.5 Å². The zero-order valence-electron chi connectivity index (χ0n) is 43.3. The van der Waals surface area contributed by atoms with E-state index in [2.05, 4.69) is 38.2 Å². The number of fused-ring (bicyclic) bond motifs is 1. The number of hydrogen-bond acceptors (Lipinski definition) is 14. The van der Waals surface area contributed by atoms with Crippen LogP contribution in [0.5, 0.6) is 5.75 Å². The number of rotatable bonds is 34. The number of ether oxygens (including phenoxy) is 4. The van der Waals surface area contributed by atoms with Crippen molar-refractivity contribution in [1.29, 1.82) is 5.41 Å². The van der Waals surface area contributed by atoms with E-state index in [-0.39, 0.29) is 48.7 Å². The number of aldehydes is 1. The molecule has 74 heavy (non-hydrogen) atoms. The van der Waals surface area contributed by atoms with Crippen LogP contribution in [0.25, 0.3) is 0 Å². The maximum absolute atomic E-state index is 13.2. The number of amides is 4. The Morgan fingerprint density at radius 2 is 1.59 bits per heavy atom. The van der Waals surface area contributed by atoms with Gasteiger partial charge in [0.15, 0.2) is 0 Å². The third-order valence-electron chi connectivity index (χ3n) is 13.4. The Hall–Kier alpha value is -6.76. The molecule has 3 aromatic carbocycles. The van der Waals surface area contributed by atoms with Crippen LogP contribution in [-0.4, -0.2) is 128 Å². The van der Waals surface area contributed by atoms with E-state index < -0.39 is 11.9 Å². The molecule has 1 saturated heterocycles. The molecule has 3 heterocycles. The second-order valence-corrected chi connectivity index (χ2v) is 18.8. The van der Waals surface area contributed by atoms with Gasteiger partial charge in [-0.25, -0.2) is 9.97 Å². The van der Waals surface area contributed by atoms with Crippen molar-refractivity contribution in [2.24, 2.45) is 5.92 Å². The molecular formula is C56H75N9O9. The Balaban J connectivity index is 0.730. The first-order valence-electron chi connectivity index (χ1n) is 26.2. The van der Waals surface area contributed by atoms with E-state index in [0.29, 0.717) is 89.1 Å². The molecule has 398 valence electrons. The van der Waals surface area contributed by atoms with Gasteiger partial charge in [-0.2, -0.15) is 0 Å². The van der Waals surface area contributed by atoms with Gasteiger partial charge in [0.05, 0.1) is 57.4 Å². The van der Waals surface area contributed by atoms with Crippen molar-refractivity contribution in [3.05, 3.63) is 113 Å². The number of imide groups is 1. The summed E-state index contributed by atoms with van der Waals surface area (Å²) in [6.45, 7) is 8.99. The van der Waals surface area contributed by atoms with Crippen LogP contribution in [-0.2, 0) is 35.1 Å². The molecule has 18 nitrogen and oxygen atoms in total. The number of amidine groups is 1. The van der Waals surface area contributed by atoms with Crippen LogP contribution in [0, 0.1) is 11.3 Å². The molecule has 4 amide bonds. The van der Waals surface area contributed by atoms with Crippen molar-refractivity contribution in [2.75, 3.05) is 77.0 Å². The maximum Gasteiger partial charge on any atom is 0.255 e. The fraction of sp³-hybridized carbons (Fsp3) is 0.500. The summed E-state index contributed by atoms with van der Waals surface area (Å²) < 4.78 is 23.1. The molecule has 4 atom stereocenters. The van der Waals surface area contributed by atoms with Gasteiger partial charge in [-0.3, -0.25) is 29.9 Å². The highest BCUT2D eigenvalue weighted by Gasteiger charge is 2.40. The third kappa shape index (κ3) is 17.4. The highest BCUT2D eigenvalue weighted by Crippen LogP contribution is 2.33. The number of carbonyl (C=O) groups excluding carboxylic acids is 5. The number of nitrogens with zero attached hydrogens (tertiary/aromatic N) is 4. The molecule has 5 N–H and O–H groups in total. The number of unbranched alkanes of at least 4 members (excludes halogenated alkanes) is 4. The Bertz CT molecular complexity index is 2430. The molecule has 0 saturated carbocycles. The van der Waals surface area contributed by atoms with Crippen molar-refractivity contribution in [3.63, 3.8) is 0 Å². The number of aromatic nitrogens is 2. The molecular weight excluding hydrogens is 943 g/mol. The number of benzene rings is 3. The number of nitrogens with one attached hydrogen (secondary N) is 5. The Morgan fingerprint density at radius 3 is 2.30 bits per heavy atom. The van der Waals surface area contributed by atoms with Gasteiger partial charge in [0.1, 0.15) is 30.2 Å². The molecule has 0 spiro atoms. The van der Waals surface area contributed by atoms with Gasteiger partial charge in [-0.1, -0.05) is 50.5 Å². The highest BCUT2D eigenvalue weighted by molar-refractivity contribution is 6.06. The van der Waals surface area contributed by atoms with Crippen LogP contribution < -0.4 is 26.0 Å². The second-order valence-electron chi connectivity index (χ2n) is 18.8. The molecule has 4 aromatic rings. The zero-order valence-corrected chi connectivity index (χ0v) is 43.3. The van der Waals surface area contributed by atoms with Crippen molar-refractivity contribution in [3.8, 4) is 5.75 Å². The van der Waals surface area contributed by atoms with Crippen LogP contribution in [0.15, 0.2) is 85.3 Å². The van der Waals surface area contributed by atoms with Gasteiger partial charge >= 0.3 is 0 Å². The van der Waals surface area contributed by atoms with Crippen molar-refractivity contribution >= 4 is 47.1 Å². The monoisotopic (exact) mass is 1020 g/mol. The minimum Gasteiger partial charge on any atom is -0.494 e. The lowest BCUT2D eigenvalue weighted by Crippen LogP contribution is -2.52. The van der Waals surface area contributed by atoms with Crippen molar-refractivity contribution < 1.29 is 42.9 Å². The zero-order chi connectivity index (χ0) is 52.5.